The molecule has 0 spiro atoms. The standard InChI is InChI=1S/C17H14N4O2S/c1-11-16(20-13-6-3-2-5-12(13)19-11)24-10-9-21-15-14(23-17(21)22)7-4-8-18-15/h2-8H,9-10H2,1H3. The van der Waals surface area contributed by atoms with Crippen LogP contribution >= 0.6 is 11.8 Å². The van der Waals surface area contributed by atoms with E-state index in [1.807, 2.05) is 31.2 Å². The van der Waals surface area contributed by atoms with Gasteiger partial charge in [-0.05, 0) is 31.2 Å². The largest absolute Gasteiger partial charge is 0.421 e. The zero-order chi connectivity index (χ0) is 16.5. The summed E-state index contributed by atoms with van der Waals surface area (Å²) in [5, 5.41) is 0.877. The van der Waals surface area contributed by atoms with Crippen molar-refractivity contribution in [2.75, 3.05) is 5.75 Å². The molecule has 0 aliphatic rings. The van der Waals surface area contributed by atoms with Crippen molar-refractivity contribution in [3.05, 3.63) is 58.8 Å². The average molecular weight is 338 g/mol. The predicted molar refractivity (Wildman–Crippen MR) is 93.3 cm³/mol. The second kappa shape index (κ2) is 6.09. The summed E-state index contributed by atoms with van der Waals surface area (Å²) >= 11 is 1.57. The van der Waals surface area contributed by atoms with Gasteiger partial charge in [-0.25, -0.2) is 19.7 Å². The van der Waals surface area contributed by atoms with Crippen molar-refractivity contribution in [3.8, 4) is 0 Å². The fraction of sp³-hybridized carbons (Fsp3) is 0.176. The number of aryl methyl sites for hydroxylation is 2. The third-order valence-corrected chi connectivity index (χ3v) is 4.73. The second-order valence-electron chi connectivity index (χ2n) is 5.30. The molecule has 7 heteroatoms. The van der Waals surface area contributed by atoms with Crippen LogP contribution in [0, 0.1) is 6.92 Å². The summed E-state index contributed by atoms with van der Waals surface area (Å²) in [5.41, 5.74) is 3.73. The number of benzene rings is 1. The first kappa shape index (κ1) is 14.9. The zero-order valence-electron chi connectivity index (χ0n) is 13.0. The van der Waals surface area contributed by atoms with Crippen LogP contribution in [-0.4, -0.2) is 25.3 Å². The lowest BCUT2D eigenvalue weighted by molar-refractivity contribution is 0.514. The lowest BCUT2D eigenvalue weighted by Gasteiger charge is -2.06. The van der Waals surface area contributed by atoms with E-state index in [2.05, 4.69) is 15.0 Å². The van der Waals surface area contributed by atoms with Crippen LogP contribution in [0.4, 0.5) is 0 Å². The highest BCUT2D eigenvalue weighted by Gasteiger charge is 2.11. The van der Waals surface area contributed by atoms with Crippen LogP contribution in [0.25, 0.3) is 22.3 Å². The Morgan fingerprint density at radius 1 is 1.12 bits per heavy atom. The molecule has 6 nitrogen and oxygen atoms in total. The Labute approximate surface area is 141 Å². The maximum Gasteiger partial charge on any atom is 0.421 e. The first-order valence-electron chi connectivity index (χ1n) is 7.53. The summed E-state index contributed by atoms with van der Waals surface area (Å²) in [4.78, 5) is 25.4. The van der Waals surface area contributed by atoms with E-state index in [-0.39, 0.29) is 5.76 Å². The SMILES string of the molecule is Cc1nc2ccccc2nc1SCCn1c(=O)oc2cccnc21. The zero-order valence-corrected chi connectivity index (χ0v) is 13.8. The predicted octanol–water partition coefficient (Wildman–Crippen LogP) is 3.03. The van der Waals surface area contributed by atoms with Crippen molar-refractivity contribution in [3.63, 3.8) is 0 Å². The summed E-state index contributed by atoms with van der Waals surface area (Å²) in [6.07, 6.45) is 1.65. The Balaban J connectivity index is 1.56. The molecule has 0 radical (unpaired) electrons. The van der Waals surface area contributed by atoms with Gasteiger partial charge in [-0.15, -0.1) is 11.8 Å². The summed E-state index contributed by atoms with van der Waals surface area (Å²) in [6, 6.07) is 11.3. The summed E-state index contributed by atoms with van der Waals surface area (Å²) in [6.45, 7) is 2.45. The summed E-state index contributed by atoms with van der Waals surface area (Å²) in [5.74, 6) is 0.296. The molecule has 4 aromatic rings. The van der Waals surface area contributed by atoms with Gasteiger partial charge in [0.2, 0.25) is 0 Å². The Bertz CT molecular complexity index is 1090. The molecule has 3 heterocycles. The maximum atomic E-state index is 11.9. The van der Waals surface area contributed by atoms with Gasteiger partial charge in [-0.3, -0.25) is 4.57 Å². The molecule has 0 saturated heterocycles. The molecule has 0 fully saturated rings. The smallest absolute Gasteiger partial charge is 0.406 e. The van der Waals surface area contributed by atoms with Gasteiger partial charge in [0, 0.05) is 18.5 Å². The minimum Gasteiger partial charge on any atom is -0.406 e. The third-order valence-electron chi connectivity index (χ3n) is 3.68. The number of nitrogens with zero attached hydrogens (tertiary/aromatic N) is 4. The monoisotopic (exact) mass is 338 g/mol. The van der Waals surface area contributed by atoms with Crippen molar-refractivity contribution in [2.24, 2.45) is 0 Å². The van der Waals surface area contributed by atoms with E-state index in [9.17, 15) is 4.79 Å². The molecule has 0 aliphatic heterocycles. The van der Waals surface area contributed by atoms with Gasteiger partial charge in [0.05, 0.1) is 16.7 Å². The minimum atomic E-state index is -0.384. The fourth-order valence-corrected chi connectivity index (χ4v) is 3.42. The normalized spacial score (nSPS) is 11.4. The first-order chi connectivity index (χ1) is 11.7. The van der Waals surface area contributed by atoms with Crippen molar-refractivity contribution in [2.45, 2.75) is 18.5 Å². The molecular formula is C17H14N4O2S. The molecule has 0 unspecified atom stereocenters. The molecule has 0 N–H and O–H groups in total. The number of para-hydroxylation sites is 2. The van der Waals surface area contributed by atoms with E-state index in [1.165, 1.54) is 0 Å². The highest BCUT2D eigenvalue weighted by Crippen LogP contribution is 2.22. The van der Waals surface area contributed by atoms with Crippen molar-refractivity contribution >= 4 is 34.0 Å². The summed E-state index contributed by atoms with van der Waals surface area (Å²) < 4.78 is 6.74. The molecule has 0 saturated carbocycles. The molecule has 4 rings (SSSR count). The topological polar surface area (TPSA) is 73.8 Å². The molecule has 0 bridgehead atoms. The first-order valence-corrected chi connectivity index (χ1v) is 8.51. The van der Waals surface area contributed by atoms with Gasteiger partial charge in [0.1, 0.15) is 5.03 Å². The van der Waals surface area contributed by atoms with Crippen molar-refractivity contribution < 1.29 is 4.42 Å². The number of oxazole rings is 1. The molecular weight excluding hydrogens is 324 g/mol. The quantitative estimate of drug-likeness (QED) is 0.533. The average Bonchev–Trinajstić information content (AvgIpc) is 2.91. The van der Waals surface area contributed by atoms with Gasteiger partial charge >= 0.3 is 5.76 Å². The van der Waals surface area contributed by atoms with E-state index in [1.54, 1.807) is 34.7 Å². The molecule has 0 amide bonds. The van der Waals surface area contributed by atoms with Gasteiger partial charge in [0.25, 0.3) is 0 Å². The number of thioether (sulfide) groups is 1. The Morgan fingerprint density at radius 3 is 2.75 bits per heavy atom. The number of hydrogen-bond acceptors (Lipinski definition) is 6. The van der Waals surface area contributed by atoms with Crippen molar-refractivity contribution in [1.82, 2.24) is 19.5 Å². The number of rotatable bonds is 4. The van der Waals surface area contributed by atoms with Gasteiger partial charge in [-0.1, -0.05) is 12.1 Å². The number of pyridine rings is 1. The van der Waals surface area contributed by atoms with Crippen LogP contribution in [0.5, 0.6) is 0 Å². The van der Waals surface area contributed by atoms with Crippen LogP contribution in [0.3, 0.4) is 0 Å². The van der Waals surface area contributed by atoms with E-state index in [0.29, 0.717) is 23.5 Å². The van der Waals surface area contributed by atoms with E-state index < -0.39 is 0 Å². The van der Waals surface area contributed by atoms with Crippen LogP contribution < -0.4 is 5.76 Å². The van der Waals surface area contributed by atoms with Gasteiger partial charge in [-0.2, -0.15) is 0 Å². The van der Waals surface area contributed by atoms with Crippen LogP contribution in [0.2, 0.25) is 0 Å². The molecule has 0 atom stereocenters. The molecule has 120 valence electrons. The van der Waals surface area contributed by atoms with Crippen LogP contribution in [-0.2, 0) is 6.54 Å². The van der Waals surface area contributed by atoms with E-state index in [4.69, 9.17) is 4.42 Å². The van der Waals surface area contributed by atoms with Crippen LogP contribution in [0.15, 0.2) is 56.8 Å². The number of aromatic nitrogens is 4. The third kappa shape index (κ3) is 2.67. The summed E-state index contributed by atoms with van der Waals surface area (Å²) in [7, 11) is 0. The van der Waals surface area contributed by atoms with E-state index in [0.717, 1.165) is 21.8 Å². The lowest BCUT2D eigenvalue weighted by atomic mass is 10.3. The molecule has 0 aliphatic carbocycles. The number of hydrogen-bond donors (Lipinski definition) is 0. The van der Waals surface area contributed by atoms with Crippen LogP contribution in [0.1, 0.15) is 5.69 Å². The molecule has 3 aromatic heterocycles. The van der Waals surface area contributed by atoms with Gasteiger partial charge < -0.3 is 4.42 Å². The minimum absolute atomic E-state index is 0.384. The Morgan fingerprint density at radius 2 is 1.92 bits per heavy atom. The fourth-order valence-electron chi connectivity index (χ4n) is 2.54. The highest BCUT2D eigenvalue weighted by atomic mass is 32.2. The van der Waals surface area contributed by atoms with Gasteiger partial charge in [0.15, 0.2) is 11.2 Å². The highest BCUT2D eigenvalue weighted by molar-refractivity contribution is 7.99. The second-order valence-corrected chi connectivity index (χ2v) is 6.38. The lowest BCUT2D eigenvalue weighted by Crippen LogP contribution is -2.16. The number of fused-ring (bicyclic) bond motifs is 2. The Kier molecular flexibility index (Phi) is 3.78. The Hall–Kier alpha value is -2.67. The van der Waals surface area contributed by atoms with E-state index >= 15 is 0 Å². The maximum absolute atomic E-state index is 11.9. The van der Waals surface area contributed by atoms with Crippen molar-refractivity contribution in [1.29, 1.82) is 0 Å². The molecule has 24 heavy (non-hydrogen) atoms. The molecule has 1 aromatic carbocycles.